The number of fused-ring (bicyclic) bond motifs is 1. The van der Waals surface area contributed by atoms with Crippen molar-refractivity contribution in [3.05, 3.63) is 84.1 Å². The van der Waals surface area contributed by atoms with E-state index in [1.165, 1.54) is 41.7 Å². The number of nitrogens with two attached hydrogens (primary N) is 3. The number of aromatic nitrogens is 3. The number of amides is 11. The first-order valence-corrected chi connectivity index (χ1v) is 28.4. The molecule has 6 rings (SSSR count). The van der Waals surface area contributed by atoms with Gasteiger partial charge >= 0.3 is 0 Å². The van der Waals surface area contributed by atoms with Gasteiger partial charge in [0.25, 0.3) is 0 Å². The highest BCUT2D eigenvalue weighted by Gasteiger charge is 2.40. The summed E-state index contributed by atoms with van der Waals surface area (Å²) in [6.07, 6.45) is 4.85. The Bertz CT molecular complexity index is 3110. The van der Waals surface area contributed by atoms with Crippen LogP contribution in [0.2, 0.25) is 0 Å². The summed E-state index contributed by atoms with van der Waals surface area (Å²) < 4.78 is 0. The van der Waals surface area contributed by atoms with E-state index in [4.69, 9.17) is 17.2 Å². The van der Waals surface area contributed by atoms with Gasteiger partial charge in [-0.25, -0.2) is 4.98 Å². The second-order valence-electron chi connectivity index (χ2n) is 21.6. The van der Waals surface area contributed by atoms with Gasteiger partial charge in [0.1, 0.15) is 60.1 Å². The average molecular weight is 1210 g/mol. The van der Waals surface area contributed by atoms with E-state index in [9.17, 15) is 68.1 Å². The Morgan fingerprint density at radius 1 is 0.701 bits per heavy atom. The molecule has 31 heteroatoms. The minimum atomic E-state index is -1.81. The number of carbonyl (C=O) groups excluding carboxylic acids is 11. The maximum atomic E-state index is 14.5. The van der Waals surface area contributed by atoms with Crippen molar-refractivity contribution >= 4 is 81.8 Å². The molecular formula is C56H77N17O14. The second-order valence-corrected chi connectivity index (χ2v) is 21.6. The number of phenols is 1. The quantitative estimate of drug-likeness (QED) is 0.0124. The Balaban J connectivity index is 1.19. The van der Waals surface area contributed by atoms with Crippen LogP contribution in [0, 0.1) is 5.92 Å². The smallest absolute Gasteiger partial charge is 0.245 e. The van der Waals surface area contributed by atoms with E-state index >= 15 is 0 Å². The number of aromatic hydroxyl groups is 1. The number of para-hydroxylation sites is 1. The van der Waals surface area contributed by atoms with E-state index in [0.29, 0.717) is 34.1 Å². The molecule has 2 aromatic heterocycles. The van der Waals surface area contributed by atoms with Gasteiger partial charge in [0, 0.05) is 67.8 Å². The van der Waals surface area contributed by atoms with Crippen molar-refractivity contribution in [3.8, 4) is 5.75 Å². The Kier molecular flexibility index (Phi) is 24.5. The van der Waals surface area contributed by atoms with E-state index in [1.54, 1.807) is 44.3 Å². The minimum absolute atomic E-state index is 0.0236. The van der Waals surface area contributed by atoms with Crippen LogP contribution in [0.1, 0.15) is 75.6 Å². The van der Waals surface area contributed by atoms with Gasteiger partial charge in [0.15, 0.2) is 5.96 Å². The molecule has 9 atom stereocenters. The number of imidazole rings is 1. The summed E-state index contributed by atoms with van der Waals surface area (Å²) in [4.78, 5) is 165. The lowest BCUT2D eigenvalue weighted by Gasteiger charge is -2.30. The number of benzene rings is 2. The fourth-order valence-electron chi connectivity index (χ4n) is 10.00. The summed E-state index contributed by atoms with van der Waals surface area (Å²) in [7, 11) is 0. The van der Waals surface area contributed by atoms with Gasteiger partial charge in [-0.15, -0.1) is 0 Å². The summed E-state index contributed by atoms with van der Waals surface area (Å²) in [6.45, 7) is 1.12. The molecule has 0 unspecified atom stereocenters. The number of nitrogens with one attached hydrogen (secondary N) is 11. The summed E-state index contributed by atoms with van der Waals surface area (Å²) in [5.41, 5.74) is 18.2. The number of likely N-dealkylation sites (tertiary alicyclic amines) is 1. The third-order valence-electron chi connectivity index (χ3n) is 14.5. The first-order valence-electron chi connectivity index (χ1n) is 28.4. The lowest BCUT2D eigenvalue weighted by molar-refractivity contribution is -0.142. The molecule has 0 bridgehead atoms. The molecule has 2 saturated heterocycles. The average Bonchev–Trinajstić information content (AvgIpc) is 2.71. The third-order valence-corrected chi connectivity index (χ3v) is 14.5. The number of primary amides is 1. The van der Waals surface area contributed by atoms with E-state index in [-0.39, 0.29) is 94.4 Å². The van der Waals surface area contributed by atoms with Gasteiger partial charge in [-0.3, -0.25) is 57.7 Å². The van der Waals surface area contributed by atoms with E-state index in [2.05, 4.69) is 67.8 Å². The highest BCUT2D eigenvalue weighted by Crippen LogP contribution is 2.22. The SMILES string of the molecule is CC(C)C[C@H](NC(=O)[C@H](CO)NC(=O)[C@H](Cc1ccc(O)cc1)NC(=O)[C@H](CO)NC(=O)[C@H](Cc1c[nH]c2ccccc12)NC(=O)[C@H](Cc1cnc[nH]1)NC(=O)[C@@H]1CCC(=O)N1)C(=O)N[C@@H](CCCN=C(N)N)C(=O)N1CCC[C@H]1C(=O)NCC(N)=O. The lowest BCUT2D eigenvalue weighted by Crippen LogP contribution is -2.62. The Morgan fingerprint density at radius 3 is 1.87 bits per heavy atom. The predicted molar refractivity (Wildman–Crippen MR) is 311 cm³/mol. The number of aromatic amines is 2. The normalized spacial score (nSPS) is 17.0. The maximum Gasteiger partial charge on any atom is 0.245 e. The minimum Gasteiger partial charge on any atom is -0.508 e. The molecule has 11 amide bonds. The number of hydrogen-bond donors (Lipinski definition) is 17. The zero-order chi connectivity index (χ0) is 63.3. The van der Waals surface area contributed by atoms with Crippen LogP contribution in [-0.2, 0) is 72.0 Å². The highest BCUT2D eigenvalue weighted by atomic mass is 16.3. The molecule has 4 heterocycles. The Labute approximate surface area is 499 Å². The number of guanidine groups is 1. The number of aliphatic imine (C=N–C) groups is 1. The largest absolute Gasteiger partial charge is 0.508 e. The molecular weight excluding hydrogens is 1130 g/mol. The standard InChI is InChI=1S/C56H77N17O14/c1-29(2)19-38(48(80)66-37(9-5-17-61-56(58)59)55(87)73-18-6-10-44(73)54(86)63-25-45(57)77)67-52(84)42(26-74)71-49(81)39(20-30-11-13-33(76)14-12-30)68-53(85)43(27-75)72-50(82)40(21-31-23-62-35-8-4-3-7-34(31)35)69-51(83)41(22-32-24-60-28-64-32)70-47(79)36-15-16-46(78)65-36/h3-4,7-8,11-14,23-24,28-29,36-44,62,74-76H,5-6,9-10,15-22,25-27H2,1-2H3,(H2,57,77)(H,60,64)(H,63,86)(H,65,78)(H,66,80)(H,67,84)(H,68,85)(H,69,83)(H,70,79)(H,71,81)(H,72,82)(H4,58,59,61)/t36-,37-,38-,39-,40-,41-,42-,43-,44-/m0/s1. The molecule has 0 spiro atoms. The van der Waals surface area contributed by atoms with Gasteiger partial charge < -0.3 is 95.2 Å². The van der Waals surface area contributed by atoms with Crippen molar-refractivity contribution in [1.29, 1.82) is 0 Å². The zero-order valence-corrected chi connectivity index (χ0v) is 48.1. The number of aliphatic hydroxyl groups excluding tert-OH is 2. The van der Waals surface area contributed by atoms with Crippen LogP contribution in [0.25, 0.3) is 10.9 Å². The van der Waals surface area contributed by atoms with Crippen LogP contribution >= 0.6 is 0 Å². The number of hydrogen-bond acceptors (Lipinski definition) is 16. The van der Waals surface area contributed by atoms with Crippen LogP contribution in [0.15, 0.2) is 72.2 Å². The van der Waals surface area contributed by atoms with Crippen molar-refractivity contribution in [3.63, 3.8) is 0 Å². The number of phenolic OH excluding ortho intramolecular Hbond substituents is 1. The molecule has 87 heavy (non-hydrogen) atoms. The van der Waals surface area contributed by atoms with Gasteiger partial charge in [-0.05, 0) is 73.8 Å². The van der Waals surface area contributed by atoms with Crippen molar-refractivity contribution in [2.24, 2.45) is 28.1 Å². The van der Waals surface area contributed by atoms with Gasteiger partial charge in [0.2, 0.25) is 65.0 Å². The van der Waals surface area contributed by atoms with Gasteiger partial charge in [0.05, 0.1) is 26.1 Å². The molecule has 2 aliphatic heterocycles. The summed E-state index contributed by atoms with van der Waals surface area (Å²) in [5, 5.41) is 54.9. The fraction of sp³-hybridized carbons (Fsp3) is 0.482. The van der Waals surface area contributed by atoms with Crippen LogP contribution < -0.4 is 65.1 Å². The second kappa shape index (κ2) is 32.0. The van der Waals surface area contributed by atoms with E-state index < -0.39 is 133 Å². The van der Waals surface area contributed by atoms with Crippen LogP contribution in [0.4, 0.5) is 0 Å². The third kappa shape index (κ3) is 19.7. The molecule has 0 saturated carbocycles. The maximum absolute atomic E-state index is 14.5. The van der Waals surface area contributed by atoms with Crippen molar-refractivity contribution < 1.29 is 68.1 Å². The number of nitrogens with zero attached hydrogens (tertiary/aromatic N) is 3. The number of rotatable bonds is 32. The van der Waals surface area contributed by atoms with E-state index in [1.807, 2.05) is 0 Å². The van der Waals surface area contributed by atoms with Crippen LogP contribution in [0.5, 0.6) is 5.75 Å². The molecule has 2 fully saturated rings. The van der Waals surface area contributed by atoms with Crippen LogP contribution in [0.3, 0.4) is 0 Å². The first kappa shape index (κ1) is 66.5. The molecule has 4 aromatic rings. The summed E-state index contributed by atoms with van der Waals surface area (Å²) in [5.74, 6) is -9.63. The number of aliphatic hydroxyl groups is 2. The molecule has 31 nitrogen and oxygen atoms in total. The predicted octanol–water partition coefficient (Wildman–Crippen LogP) is -5.03. The summed E-state index contributed by atoms with van der Waals surface area (Å²) in [6, 6.07) is -0.0676. The fourth-order valence-corrected chi connectivity index (χ4v) is 10.00. The van der Waals surface area contributed by atoms with Gasteiger partial charge in [-0.1, -0.05) is 44.2 Å². The van der Waals surface area contributed by atoms with Crippen molar-refractivity contribution in [2.45, 2.75) is 132 Å². The zero-order valence-electron chi connectivity index (χ0n) is 48.1. The lowest BCUT2D eigenvalue weighted by atomic mass is 10.0. The van der Waals surface area contributed by atoms with Crippen molar-refractivity contribution in [1.82, 2.24) is 67.7 Å². The number of carbonyl (C=O) groups is 11. The molecule has 20 N–H and O–H groups in total. The van der Waals surface area contributed by atoms with E-state index in [0.717, 1.165) is 0 Å². The van der Waals surface area contributed by atoms with Gasteiger partial charge in [-0.2, -0.15) is 0 Å². The first-order chi connectivity index (χ1) is 41.5. The molecule has 2 aromatic carbocycles. The van der Waals surface area contributed by atoms with Crippen LogP contribution in [-0.4, -0.2) is 193 Å². The Hall–Kier alpha value is -9.65. The summed E-state index contributed by atoms with van der Waals surface area (Å²) >= 11 is 0. The molecule has 2 aliphatic rings. The monoisotopic (exact) mass is 1210 g/mol. The molecule has 0 radical (unpaired) electrons. The topological polar surface area (TPSA) is 495 Å². The molecule has 470 valence electrons. The van der Waals surface area contributed by atoms with Crippen molar-refractivity contribution in [2.75, 3.05) is 32.8 Å². The number of H-pyrrole nitrogens is 2. The highest BCUT2D eigenvalue weighted by molar-refractivity contribution is 6.00. The Morgan fingerprint density at radius 2 is 1.29 bits per heavy atom. The molecule has 0 aliphatic carbocycles.